The van der Waals surface area contributed by atoms with Gasteiger partial charge in [0, 0.05) is 6.42 Å². The molecule has 0 saturated heterocycles. The molecule has 4 nitrogen and oxygen atoms in total. The van der Waals surface area contributed by atoms with E-state index in [2.05, 4.69) is 0 Å². The molecule has 1 N–H and O–H groups in total. The molecule has 1 rings (SSSR count). The summed E-state index contributed by atoms with van der Waals surface area (Å²) in [5.74, 6) is -1.51. The Morgan fingerprint density at radius 1 is 1.53 bits per heavy atom. The molecule has 0 amide bonds. The molecule has 82 valence electrons. The third-order valence-electron chi connectivity index (χ3n) is 2.56. The fourth-order valence-electron chi connectivity index (χ4n) is 1.45. The molecule has 4 heteroatoms. The average Bonchev–Trinajstić information content (AvgIpc) is 2.15. The van der Waals surface area contributed by atoms with Gasteiger partial charge < -0.3 is 5.11 Å². The summed E-state index contributed by atoms with van der Waals surface area (Å²) in [7, 11) is 0. The molecule has 0 aromatic heterocycles. The van der Waals surface area contributed by atoms with Gasteiger partial charge in [0.15, 0.2) is 5.78 Å². The van der Waals surface area contributed by atoms with Crippen LogP contribution in [-0.2, 0) is 14.4 Å². The summed E-state index contributed by atoms with van der Waals surface area (Å²) in [6.45, 7) is 1.61. The summed E-state index contributed by atoms with van der Waals surface area (Å²) in [5, 5.41) is 8.66. The molecule has 0 spiro atoms. The van der Waals surface area contributed by atoms with E-state index in [1.165, 1.54) is 0 Å². The molecule has 0 fully saturated rings. The lowest BCUT2D eigenvalue weighted by Gasteiger charge is -2.12. The van der Waals surface area contributed by atoms with Crippen molar-refractivity contribution >= 4 is 17.5 Å². The van der Waals surface area contributed by atoms with Gasteiger partial charge in [0.2, 0.25) is 0 Å². The Hall–Kier alpha value is -1.45. The van der Waals surface area contributed by atoms with E-state index in [4.69, 9.17) is 5.11 Å². The highest BCUT2D eigenvalue weighted by atomic mass is 16.4. The number of aliphatic carboxylic acids is 1. The molecule has 0 saturated carbocycles. The smallest absolute Gasteiger partial charge is 0.306 e. The molecular formula is C11H14O4. The first-order valence-electron chi connectivity index (χ1n) is 4.97. The van der Waals surface area contributed by atoms with Gasteiger partial charge in [-0.3, -0.25) is 14.4 Å². The van der Waals surface area contributed by atoms with Crippen molar-refractivity contribution in [1.29, 1.82) is 0 Å². The van der Waals surface area contributed by atoms with Crippen molar-refractivity contribution in [2.75, 3.05) is 0 Å². The van der Waals surface area contributed by atoms with Gasteiger partial charge >= 0.3 is 5.97 Å². The maximum absolute atomic E-state index is 11.4. The normalized spacial score (nSPS) is 18.6. The van der Waals surface area contributed by atoms with E-state index < -0.39 is 11.9 Å². The van der Waals surface area contributed by atoms with E-state index in [9.17, 15) is 14.4 Å². The number of carbonyl (C=O) groups excluding carboxylic acids is 2. The topological polar surface area (TPSA) is 71.4 Å². The van der Waals surface area contributed by atoms with Crippen molar-refractivity contribution in [3.63, 3.8) is 0 Å². The van der Waals surface area contributed by atoms with E-state index in [0.717, 1.165) is 0 Å². The van der Waals surface area contributed by atoms with Crippen LogP contribution in [-0.4, -0.2) is 22.6 Å². The van der Waals surface area contributed by atoms with Crippen LogP contribution in [0.4, 0.5) is 0 Å². The van der Waals surface area contributed by atoms with E-state index in [1.54, 1.807) is 13.0 Å². The summed E-state index contributed by atoms with van der Waals surface area (Å²) in [5.41, 5.74) is 0.614. The second kappa shape index (κ2) is 4.87. The molecule has 0 radical (unpaired) electrons. The number of carboxylic acids is 1. The third-order valence-corrected chi connectivity index (χ3v) is 2.56. The Labute approximate surface area is 88.0 Å². The molecule has 15 heavy (non-hydrogen) atoms. The molecule has 0 aliphatic heterocycles. The van der Waals surface area contributed by atoms with Crippen molar-refractivity contribution in [2.24, 2.45) is 5.92 Å². The summed E-state index contributed by atoms with van der Waals surface area (Å²) >= 11 is 0. The molecule has 1 atom stereocenters. The number of ketones is 2. The predicted molar refractivity (Wildman–Crippen MR) is 53.4 cm³/mol. The molecule has 1 aliphatic carbocycles. The van der Waals surface area contributed by atoms with Crippen LogP contribution in [0.15, 0.2) is 11.6 Å². The van der Waals surface area contributed by atoms with Crippen LogP contribution in [0.25, 0.3) is 0 Å². The van der Waals surface area contributed by atoms with Crippen LogP contribution in [0.3, 0.4) is 0 Å². The molecule has 1 aliphatic rings. The Kier molecular flexibility index (Phi) is 3.77. The second-order valence-corrected chi connectivity index (χ2v) is 3.85. The van der Waals surface area contributed by atoms with E-state index >= 15 is 0 Å². The zero-order chi connectivity index (χ0) is 11.4. The number of hydrogen-bond donors (Lipinski definition) is 1. The number of carbonyl (C=O) groups is 3. The van der Waals surface area contributed by atoms with Gasteiger partial charge in [0.25, 0.3) is 0 Å². The highest BCUT2D eigenvalue weighted by Crippen LogP contribution is 2.19. The fourth-order valence-corrected chi connectivity index (χ4v) is 1.45. The predicted octanol–water partition coefficient (Wildman–Crippen LogP) is 1.35. The SMILES string of the molecule is CC(CCC1=CCC(=O)CC1=O)C(=O)O. The van der Waals surface area contributed by atoms with E-state index in [0.29, 0.717) is 24.8 Å². The van der Waals surface area contributed by atoms with Crippen molar-refractivity contribution in [1.82, 2.24) is 0 Å². The Morgan fingerprint density at radius 3 is 2.73 bits per heavy atom. The van der Waals surface area contributed by atoms with Crippen LogP contribution in [0.2, 0.25) is 0 Å². The van der Waals surface area contributed by atoms with Gasteiger partial charge in [-0.1, -0.05) is 13.0 Å². The fraction of sp³-hybridized carbons (Fsp3) is 0.545. The van der Waals surface area contributed by atoms with Gasteiger partial charge in [-0.2, -0.15) is 0 Å². The lowest BCUT2D eigenvalue weighted by Crippen LogP contribution is -2.17. The number of hydrogen-bond acceptors (Lipinski definition) is 3. The Balaban J connectivity index is 2.49. The van der Waals surface area contributed by atoms with Gasteiger partial charge in [-0.15, -0.1) is 0 Å². The molecule has 0 aromatic rings. The van der Waals surface area contributed by atoms with Crippen LogP contribution in [0, 0.1) is 5.92 Å². The second-order valence-electron chi connectivity index (χ2n) is 3.85. The summed E-state index contributed by atoms with van der Waals surface area (Å²) in [4.78, 5) is 32.8. The molecule has 1 unspecified atom stereocenters. The highest BCUT2D eigenvalue weighted by molar-refractivity contribution is 6.10. The number of rotatable bonds is 4. The van der Waals surface area contributed by atoms with Crippen LogP contribution >= 0.6 is 0 Å². The third kappa shape index (κ3) is 3.31. The largest absolute Gasteiger partial charge is 0.481 e. The van der Waals surface area contributed by atoms with E-state index in [-0.39, 0.29) is 18.0 Å². The van der Waals surface area contributed by atoms with Crippen molar-refractivity contribution in [3.8, 4) is 0 Å². The van der Waals surface area contributed by atoms with Gasteiger partial charge in [0.05, 0.1) is 12.3 Å². The van der Waals surface area contributed by atoms with Crippen LogP contribution < -0.4 is 0 Å². The summed E-state index contributed by atoms with van der Waals surface area (Å²) in [6.07, 6.45) is 2.82. The van der Waals surface area contributed by atoms with Crippen molar-refractivity contribution < 1.29 is 19.5 Å². The van der Waals surface area contributed by atoms with Gasteiger partial charge in [0.1, 0.15) is 5.78 Å². The Bertz CT molecular complexity index is 327. The van der Waals surface area contributed by atoms with Crippen molar-refractivity contribution in [3.05, 3.63) is 11.6 Å². The zero-order valence-corrected chi connectivity index (χ0v) is 8.66. The molecular weight excluding hydrogens is 196 g/mol. The summed E-state index contributed by atoms with van der Waals surface area (Å²) in [6, 6.07) is 0. The summed E-state index contributed by atoms with van der Waals surface area (Å²) < 4.78 is 0. The molecule has 0 bridgehead atoms. The lowest BCUT2D eigenvalue weighted by molar-refractivity contribution is -0.141. The minimum Gasteiger partial charge on any atom is -0.481 e. The number of Topliss-reactive ketones (excluding diaryl/α,β-unsaturated/α-hetero) is 2. The maximum Gasteiger partial charge on any atom is 0.306 e. The standard InChI is InChI=1S/C11H14O4/c1-7(11(14)15)2-3-8-4-5-9(12)6-10(8)13/h4,7H,2-3,5-6H2,1H3,(H,14,15). The lowest BCUT2D eigenvalue weighted by atomic mass is 9.91. The first kappa shape index (κ1) is 11.6. The van der Waals surface area contributed by atoms with Crippen LogP contribution in [0.1, 0.15) is 32.6 Å². The van der Waals surface area contributed by atoms with Gasteiger partial charge in [-0.05, 0) is 18.4 Å². The zero-order valence-electron chi connectivity index (χ0n) is 8.66. The first-order chi connectivity index (χ1) is 7.00. The minimum atomic E-state index is -0.852. The molecule has 0 aromatic carbocycles. The minimum absolute atomic E-state index is 0.0205. The molecule has 0 heterocycles. The Morgan fingerprint density at radius 2 is 2.20 bits per heavy atom. The maximum atomic E-state index is 11.4. The van der Waals surface area contributed by atoms with Crippen molar-refractivity contribution in [2.45, 2.75) is 32.6 Å². The van der Waals surface area contributed by atoms with Gasteiger partial charge in [-0.25, -0.2) is 0 Å². The van der Waals surface area contributed by atoms with E-state index in [1.807, 2.05) is 0 Å². The monoisotopic (exact) mass is 210 g/mol. The first-order valence-corrected chi connectivity index (χ1v) is 4.97. The highest BCUT2D eigenvalue weighted by Gasteiger charge is 2.20. The number of carboxylic acid groups (broad SMARTS) is 1. The quantitative estimate of drug-likeness (QED) is 0.711. The van der Waals surface area contributed by atoms with Crippen LogP contribution in [0.5, 0.6) is 0 Å². The number of allylic oxidation sites excluding steroid dienone is 2. The average molecular weight is 210 g/mol.